The lowest BCUT2D eigenvalue weighted by atomic mass is 10.2. The summed E-state index contributed by atoms with van der Waals surface area (Å²) in [6, 6.07) is 11.2. The number of nitrogens with zero attached hydrogens (tertiary/aromatic N) is 3. The number of oxazole rings is 1. The highest BCUT2D eigenvalue weighted by molar-refractivity contribution is 9.10. The molecule has 1 N–H and O–H groups in total. The molecule has 110 valence electrons. The standard InChI is InChI=1S/C16H12BrN3O2/c1-10-5-4-8-18-14(10)19-9-13-16(21)22-15(20-13)11-6-2-3-7-12(11)17/h2-9,21H,1H3/b19-9+. The van der Waals surface area contributed by atoms with Gasteiger partial charge in [0.15, 0.2) is 11.5 Å². The summed E-state index contributed by atoms with van der Waals surface area (Å²) < 4.78 is 6.14. The van der Waals surface area contributed by atoms with Crippen LogP contribution in [0.3, 0.4) is 0 Å². The maximum atomic E-state index is 9.87. The van der Waals surface area contributed by atoms with Crippen LogP contribution in [0, 0.1) is 6.92 Å². The molecule has 0 amide bonds. The third kappa shape index (κ3) is 2.92. The van der Waals surface area contributed by atoms with Gasteiger partial charge in [-0.25, -0.2) is 15.0 Å². The van der Waals surface area contributed by atoms with Crippen molar-refractivity contribution in [1.82, 2.24) is 9.97 Å². The number of hydrogen-bond acceptors (Lipinski definition) is 5. The lowest BCUT2D eigenvalue weighted by Crippen LogP contribution is -1.85. The molecule has 0 radical (unpaired) electrons. The molecule has 0 aliphatic carbocycles. The van der Waals surface area contributed by atoms with E-state index in [-0.39, 0.29) is 11.6 Å². The Morgan fingerprint density at radius 3 is 2.82 bits per heavy atom. The Hall–Kier alpha value is -2.47. The highest BCUT2D eigenvalue weighted by Gasteiger charge is 2.14. The molecule has 3 aromatic rings. The van der Waals surface area contributed by atoms with Gasteiger partial charge in [0.05, 0.1) is 11.8 Å². The number of aliphatic imine (C=N–C) groups is 1. The second kappa shape index (κ2) is 6.11. The predicted molar refractivity (Wildman–Crippen MR) is 87.5 cm³/mol. The molecule has 6 heteroatoms. The Kier molecular flexibility index (Phi) is 4.02. The number of pyridine rings is 1. The van der Waals surface area contributed by atoms with Crippen LogP contribution < -0.4 is 0 Å². The molecule has 1 aromatic carbocycles. The summed E-state index contributed by atoms with van der Waals surface area (Å²) in [6.07, 6.45) is 3.10. The lowest BCUT2D eigenvalue weighted by Gasteiger charge is -1.97. The molecule has 0 saturated carbocycles. The number of rotatable bonds is 3. The van der Waals surface area contributed by atoms with Crippen molar-refractivity contribution in [3.05, 3.63) is 58.3 Å². The summed E-state index contributed by atoms with van der Waals surface area (Å²) in [4.78, 5) is 12.7. The van der Waals surface area contributed by atoms with Crippen LogP contribution in [0.25, 0.3) is 11.5 Å². The molecule has 2 aromatic heterocycles. The van der Waals surface area contributed by atoms with E-state index in [0.717, 1.165) is 15.6 Å². The Balaban J connectivity index is 1.94. The molecule has 0 unspecified atom stereocenters. The summed E-state index contributed by atoms with van der Waals surface area (Å²) in [5.41, 5.74) is 1.95. The minimum atomic E-state index is -0.275. The van der Waals surface area contributed by atoms with Gasteiger partial charge in [0.1, 0.15) is 0 Å². The second-order valence-electron chi connectivity index (χ2n) is 4.59. The van der Waals surface area contributed by atoms with Crippen LogP contribution in [0.15, 0.2) is 56.5 Å². The number of halogens is 1. The normalized spacial score (nSPS) is 11.2. The van der Waals surface area contributed by atoms with Crippen molar-refractivity contribution in [3.63, 3.8) is 0 Å². The van der Waals surface area contributed by atoms with Gasteiger partial charge in [0.25, 0.3) is 0 Å². The number of aromatic hydroxyl groups is 1. The number of aryl methyl sites for hydroxylation is 1. The zero-order valence-electron chi connectivity index (χ0n) is 11.7. The van der Waals surface area contributed by atoms with Gasteiger partial charge in [0, 0.05) is 10.7 Å². The molecule has 0 spiro atoms. The van der Waals surface area contributed by atoms with Crippen LogP contribution >= 0.6 is 15.9 Å². The van der Waals surface area contributed by atoms with Crippen molar-refractivity contribution in [2.75, 3.05) is 0 Å². The smallest absolute Gasteiger partial charge is 0.312 e. The van der Waals surface area contributed by atoms with E-state index < -0.39 is 0 Å². The van der Waals surface area contributed by atoms with Crippen molar-refractivity contribution < 1.29 is 9.52 Å². The van der Waals surface area contributed by atoms with Gasteiger partial charge >= 0.3 is 5.95 Å². The van der Waals surface area contributed by atoms with Crippen LogP contribution in [0.1, 0.15) is 11.3 Å². The Labute approximate surface area is 135 Å². The van der Waals surface area contributed by atoms with E-state index in [4.69, 9.17) is 4.42 Å². The van der Waals surface area contributed by atoms with Gasteiger partial charge in [-0.1, -0.05) is 18.2 Å². The first-order valence-electron chi connectivity index (χ1n) is 6.55. The molecule has 0 saturated heterocycles. The van der Waals surface area contributed by atoms with Crippen LogP contribution in [0.5, 0.6) is 5.95 Å². The topological polar surface area (TPSA) is 71.5 Å². The third-order valence-electron chi connectivity index (χ3n) is 3.03. The van der Waals surface area contributed by atoms with Gasteiger partial charge < -0.3 is 9.52 Å². The van der Waals surface area contributed by atoms with Gasteiger partial charge in [0.2, 0.25) is 5.89 Å². The first kappa shape index (κ1) is 14.5. The van der Waals surface area contributed by atoms with E-state index in [1.54, 1.807) is 6.20 Å². The highest BCUT2D eigenvalue weighted by atomic mass is 79.9. The largest absolute Gasteiger partial charge is 0.479 e. The SMILES string of the molecule is Cc1cccnc1/N=C/c1nc(-c2ccccc2Br)oc1O. The number of hydrogen-bond donors (Lipinski definition) is 1. The zero-order chi connectivity index (χ0) is 15.5. The fraction of sp³-hybridized carbons (Fsp3) is 0.0625. The maximum Gasteiger partial charge on any atom is 0.312 e. The summed E-state index contributed by atoms with van der Waals surface area (Å²) in [5, 5.41) is 9.87. The Bertz CT molecular complexity index is 843. The van der Waals surface area contributed by atoms with E-state index in [2.05, 4.69) is 30.9 Å². The average Bonchev–Trinajstić information content (AvgIpc) is 2.88. The van der Waals surface area contributed by atoms with Gasteiger partial charge in [-0.15, -0.1) is 0 Å². The summed E-state index contributed by atoms with van der Waals surface area (Å²) in [7, 11) is 0. The molecule has 5 nitrogen and oxygen atoms in total. The first-order chi connectivity index (χ1) is 10.6. The zero-order valence-corrected chi connectivity index (χ0v) is 13.3. The van der Waals surface area contributed by atoms with Gasteiger partial charge in [-0.05, 0) is 46.6 Å². The number of aromatic nitrogens is 2. The number of benzene rings is 1. The van der Waals surface area contributed by atoms with Crippen LogP contribution in [-0.2, 0) is 0 Å². The highest BCUT2D eigenvalue weighted by Crippen LogP contribution is 2.31. The van der Waals surface area contributed by atoms with Crippen LogP contribution in [0.2, 0.25) is 0 Å². The van der Waals surface area contributed by atoms with Crippen molar-refractivity contribution in [3.8, 4) is 17.4 Å². The molecule has 3 rings (SSSR count). The fourth-order valence-corrected chi connectivity index (χ4v) is 2.35. The van der Waals surface area contributed by atoms with Crippen LogP contribution in [0.4, 0.5) is 5.82 Å². The maximum absolute atomic E-state index is 9.87. The Morgan fingerprint density at radius 1 is 1.23 bits per heavy atom. The second-order valence-corrected chi connectivity index (χ2v) is 5.45. The first-order valence-corrected chi connectivity index (χ1v) is 7.35. The van der Waals surface area contributed by atoms with E-state index in [0.29, 0.717) is 11.7 Å². The van der Waals surface area contributed by atoms with E-state index in [9.17, 15) is 5.11 Å². The van der Waals surface area contributed by atoms with E-state index in [1.165, 1.54) is 6.21 Å². The quantitative estimate of drug-likeness (QED) is 0.710. The molecule has 22 heavy (non-hydrogen) atoms. The van der Waals surface area contributed by atoms with Crippen LogP contribution in [-0.4, -0.2) is 21.3 Å². The Morgan fingerprint density at radius 2 is 2.05 bits per heavy atom. The molecular weight excluding hydrogens is 346 g/mol. The monoisotopic (exact) mass is 357 g/mol. The van der Waals surface area contributed by atoms with E-state index >= 15 is 0 Å². The minimum absolute atomic E-state index is 0.260. The molecular formula is C16H12BrN3O2. The van der Waals surface area contributed by atoms with Crippen molar-refractivity contribution in [2.24, 2.45) is 4.99 Å². The molecule has 0 fully saturated rings. The van der Waals surface area contributed by atoms with Crippen molar-refractivity contribution >= 4 is 28.0 Å². The minimum Gasteiger partial charge on any atom is -0.479 e. The molecule has 0 atom stereocenters. The third-order valence-corrected chi connectivity index (χ3v) is 3.72. The van der Waals surface area contributed by atoms with Gasteiger partial charge in [-0.3, -0.25) is 0 Å². The predicted octanol–water partition coefficient (Wildman–Crippen LogP) is 4.26. The molecule has 0 aliphatic heterocycles. The van der Waals surface area contributed by atoms with E-state index in [1.807, 2.05) is 43.3 Å². The summed E-state index contributed by atoms with van der Waals surface area (Å²) >= 11 is 3.43. The summed E-state index contributed by atoms with van der Waals surface area (Å²) in [5.74, 6) is 0.625. The molecule has 0 bridgehead atoms. The summed E-state index contributed by atoms with van der Waals surface area (Å²) in [6.45, 7) is 1.91. The lowest BCUT2D eigenvalue weighted by molar-refractivity contribution is 0.337. The average molecular weight is 358 g/mol. The fourth-order valence-electron chi connectivity index (χ4n) is 1.89. The molecule has 0 aliphatic rings. The molecule has 2 heterocycles. The van der Waals surface area contributed by atoms with Gasteiger partial charge in [-0.2, -0.15) is 0 Å². The van der Waals surface area contributed by atoms with Crippen molar-refractivity contribution in [2.45, 2.75) is 6.92 Å². The van der Waals surface area contributed by atoms with Crippen molar-refractivity contribution in [1.29, 1.82) is 0 Å².